The van der Waals surface area contributed by atoms with Crippen molar-refractivity contribution < 1.29 is 0 Å². The Morgan fingerprint density at radius 1 is 1.37 bits per heavy atom. The molecule has 3 rings (SSSR count). The van der Waals surface area contributed by atoms with Gasteiger partial charge >= 0.3 is 0 Å². The van der Waals surface area contributed by atoms with Gasteiger partial charge in [-0.2, -0.15) is 5.10 Å². The third kappa shape index (κ3) is 5.13. The van der Waals surface area contributed by atoms with Crippen molar-refractivity contribution >= 4 is 23.2 Å². The number of hydrogen-bond donors (Lipinski definition) is 2. The predicted molar refractivity (Wildman–Crippen MR) is 110 cm³/mol. The van der Waals surface area contributed by atoms with Crippen LogP contribution in [0.4, 0.5) is 5.69 Å². The van der Waals surface area contributed by atoms with Crippen LogP contribution in [0.5, 0.6) is 0 Å². The van der Waals surface area contributed by atoms with E-state index in [4.69, 9.17) is 11.6 Å². The summed E-state index contributed by atoms with van der Waals surface area (Å²) in [5, 5.41) is 11.6. The molecule has 7 nitrogen and oxygen atoms in total. The Hall–Kier alpha value is -2.28. The average molecular weight is 390 g/mol. The Balaban J connectivity index is 1.55. The highest BCUT2D eigenvalue weighted by atomic mass is 35.5. The lowest BCUT2D eigenvalue weighted by atomic mass is 10.1. The highest BCUT2D eigenvalue weighted by Crippen LogP contribution is 2.29. The van der Waals surface area contributed by atoms with Gasteiger partial charge in [0.15, 0.2) is 5.96 Å². The standard InChI is InChI=1S/C19H28ClN7/c1-4-21-19(23-11-18-24-13-25-26(18)3)22-10-15-7-8-27(12-15)17-9-16(20)6-5-14(17)2/h5-6,9,13,15H,4,7-8,10-12H2,1-3H3,(H2,21,22,23). The predicted octanol–water partition coefficient (Wildman–Crippen LogP) is 2.36. The van der Waals surface area contributed by atoms with Gasteiger partial charge in [0.2, 0.25) is 0 Å². The van der Waals surface area contributed by atoms with Crippen LogP contribution in [0.2, 0.25) is 5.02 Å². The van der Waals surface area contributed by atoms with Crippen LogP contribution in [0.15, 0.2) is 29.5 Å². The molecule has 0 spiro atoms. The molecule has 2 N–H and O–H groups in total. The number of nitrogens with one attached hydrogen (secondary N) is 2. The number of aromatic nitrogens is 3. The van der Waals surface area contributed by atoms with Gasteiger partial charge in [0.1, 0.15) is 18.7 Å². The van der Waals surface area contributed by atoms with Crippen molar-refractivity contribution in [2.75, 3.05) is 31.1 Å². The monoisotopic (exact) mass is 389 g/mol. The average Bonchev–Trinajstić information content (AvgIpc) is 3.28. The number of rotatable bonds is 6. The molecule has 0 radical (unpaired) electrons. The lowest BCUT2D eigenvalue weighted by molar-refractivity contribution is 0.565. The molecule has 8 heteroatoms. The molecule has 0 bridgehead atoms. The van der Waals surface area contributed by atoms with Crippen molar-refractivity contribution in [1.82, 2.24) is 25.4 Å². The summed E-state index contributed by atoms with van der Waals surface area (Å²) in [5.41, 5.74) is 2.51. The van der Waals surface area contributed by atoms with Gasteiger partial charge in [-0.15, -0.1) is 0 Å². The Morgan fingerprint density at radius 2 is 2.22 bits per heavy atom. The Bertz CT molecular complexity index is 786. The van der Waals surface area contributed by atoms with Crippen LogP contribution < -0.4 is 15.5 Å². The molecule has 1 atom stereocenters. The van der Waals surface area contributed by atoms with Gasteiger partial charge in [-0.25, -0.2) is 9.98 Å². The number of benzene rings is 1. The van der Waals surface area contributed by atoms with Gasteiger partial charge in [0.25, 0.3) is 0 Å². The number of guanidine groups is 1. The normalized spacial score (nSPS) is 17.4. The molecule has 146 valence electrons. The van der Waals surface area contributed by atoms with Crippen LogP contribution in [0, 0.1) is 12.8 Å². The summed E-state index contributed by atoms with van der Waals surface area (Å²) in [5.74, 6) is 2.23. The first kappa shape index (κ1) is 19.5. The summed E-state index contributed by atoms with van der Waals surface area (Å²) in [6, 6.07) is 6.11. The first-order valence-electron chi connectivity index (χ1n) is 9.43. The number of anilines is 1. The van der Waals surface area contributed by atoms with E-state index in [-0.39, 0.29) is 0 Å². The summed E-state index contributed by atoms with van der Waals surface area (Å²) in [4.78, 5) is 11.3. The van der Waals surface area contributed by atoms with E-state index in [9.17, 15) is 0 Å². The van der Waals surface area contributed by atoms with Gasteiger partial charge in [-0.05, 0) is 43.9 Å². The molecule has 0 amide bonds. The van der Waals surface area contributed by atoms with Crippen molar-refractivity contribution in [3.8, 4) is 0 Å². The molecule has 1 aromatic carbocycles. The lowest BCUT2D eigenvalue weighted by Gasteiger charge is -2.21. The second-order valence-electron chi connectivity index (χ2n) is 6.91. The van der Waals surface area contributed by atoms with Crippen LogP contribution in [0.1, 0.15) is 24.7 Å². The molecule has 1 aliphatic rings. The van der Waals surface area contributed by atoms with E-state index in [2.05, 4.69) is 56.6 Å². The van der Waals surface area contributed by atoms with Crippen molar-refractivity contribution in [2.24, 2.45) is 18.0 Å². The zero-order valence-electron chi connectivity index (χ0n) is 16.2. The summed E-state index contributed by atoms with van der Waals surface area (Å²) in [6.07, 6.45) is 2.71. The molecule has 2 heterocycles. The first-order chi connectivity index (χ1) is 13.1. The fourth-order valence-electron chi connectivity index (χ4n) is 3.34. The van der Waals surface area contributed by atoms with Crippen LogP contribution in [-0.2, 0) is 13.6 Å². The smallest absolute Gasteiger partial charge is 0.191 e. The maximum absolute atomic E-state index is 6.18. The fourth-order valence-corrected chi connectivity index (χ4v) is 3.50. The van der Waals surface area contributed by atoms with E-state index in [0.29, 0.717) is 12.5 Å². The third-order valence-corrected chi connectivity index (χ3v) is 5.12. The molecule has 1 fully saturated rings. The topological polar surface area (TPSA) is 70.4 Å². The molecular weight excluding hydrogens is 362 g/mol. The molecule has 27 heavy (non-hydrogen) atoms. The summed E-state index contributed by atoms with van der Waals surface area (Å²) < 4.78 is 1.75. The minimum atomic E-state index is 0.504. The molecule has 0 aliphatic carbocycles. The van der Waals surface area contributed by atoms with Crippen molar-refractivity contribution in [2.45, 2.75) is 26.8 Å². The van der Waals surface area contributed by atoms with Gasteiger partial charge in [0, 0.05) is 43.9 Å². The van der Waals surface area contributed by atoms with Crippen LogP contribution in [0.25, 0.3) is 0 Å². The molecule has 2 aromatic rings. The van der Waals surface area contributed by atoms with Gasteiger partial charge < -0.3 is 15.5 Å². The Morgan fingerprint density at radius 3 is 2.96 bits per heavy atom. The third-order valence-electron chi connectivity index (χ3n) is 4.88. The maximum Gasteiger partial charge on any atom is 0.191 e. The van der Waals surface area contributed by atoms with E-state index >= 15 is 0 Å². The molecule has 0 saturated carbocycles. The van der Waals surface area contributed by atoms with Crippen LogP contribution in [0.3, 0.4) is 0 Å². The largest absolute Gasteiger partial charge is 0.371 e. The minimum absolute atomic E-state index is 0.504. The van der Waals surface area contributed by atoms with E-state index < -0.39 is 0 Å². The molecule has 1 saturated heterocycles. The lowest BCUT2D eigenvalue weighted by Crippen LogP contribution is -2.40. The minimum Gasteiger partial charge on any atom is -0.371 e. The Labute approximate surface area is 165 Å². The summed E-state index contributed by atoms with van der Waals surface area (Å²) in [6.45, 7) is 8.50. The number of hydrogen-bond acceptors (Lipinski definition) is 4. The van der Waals surface area contributed by atoms with Gasteiger partial charge in [0.05, 0.1) is 0 Å². The van der Waals surface area contributed by atoms with Gasteiger partial charge in [-0.1, -0.05) is 17.7 Å². The maximum atomic E-state index is 6.18. The highest BCUT2D eigenvalue weighted by Gasteiger charge is 2.24. The van der Waals surface area contributed by atoms with Crippen LogP contribution in [-0.4, -0.2) is 46.9 Å². The van der Waals surface area contributed by atoms with Gasteiger partial charge in [-0.3, -0.25) is 4.68 Å². The quantitative estimate of drug-likeness (QED) is 0.586. The van der Waals surface area contributed by atoms with Crippen molar-refractivity contribution in [1.29, 1.82) is 0 Å². The number of halogens is 1. The summed E-state index contributed by atoms with van der Waals surface area (Å²) >= 11 is 6.18. The Kier molecular flexibility index (Phi) is 6.55. The van der Waals surface area contributed by atoms with Crippen molar-refractivity contribution in [3.63, 3.8) is 0 Å². The molecule has 1 aliphatic heterocycles. The van der Waals surface area contributed by atoms with Crippen LogP contribution >= 0.6 is 11.6 Å². The van der Waals surface area contributed by atoms with E-state index in [1.165, 1.54) is 11.3 Å². The first-order valence-corrected chi connectivity index (χ1v) is 9.80. The highest BCUT2D eigenvalue weighted by molar-refractivity contribution is 6.30. The molecular formula is C19H28ClN7. The molecule has 1 unspecified atom stereocenters. The van der Waals surface area contributed by atoms with E-state index in [1.807, 2.05) is 13.1 Å². The van der Waals surface area contributed by atoms with E-state index in [0.717, 1.165) is 49.4 Å². The second kappa shape index (κ2) is 9.08. The SMILES string of the molecule is CCNC(=NCc1ncnn1C)NCC1CCN(c2cc(Cl)ccc2C)C1. The number of nitrogens with zero attached hydrogens (tertiary/aromatic N) is 5. The number of aliphatic imine (C=N–C) groups is 1. The second-order valence-corrected chi connectivity index (χ2v) is 7.34. The zero-order valence-corrected chi connectivity index (χ0v) is 17.0. The summed E-state index contributed by atoms with van der Waals surface area (Å²) in [7, 11) is 1.88. The van der Waals surface area contributed by atoms with E-state index in [1.54, 1.807) is 11.0 Å². The van der Waals surface area contributed by atoms with Crippen molar-refractivity contribution in [3.05, 3.63) is 40.9 Å². The zero-order chi connectivity index (χ0) is 19.2. The molecule has 1 aromatic heterocycles. The number of aryl methyl sites for hydroxylation is 2. The fraction of sp³-hybridized carbons (Fsp3) is 0.526.